The van der Waals surface area contributed by atoms with Crippen molar-refractivity contribution in [2.75, 3.05) is 6.54 Å². The summed E-state index contributed by atoms with van der Waals surface area (Å²) in [5.74, 6) is 0. The number of aryl methyl sites for hydroxylation is 2. The van der Waals surface area contributed by atoms with Gasteiger partial charge in [0.1, 0.15) is 4.90 Å². The first kappa shape index (κ1) is 17.1. The van der Waals surface area contributed by atoms with Gasteiger partial charge in [0.25, 0.3) is 0 Å². The lowest BCUT2D eigenvalue weighted by molar-refractivity contribution is 0.370. The maximum Gasteiger partial charge on any atom is 0.246 e. The van der Waals surface area contributed by atoms with Crippen molar-refractivity contribution in [3.05, 3.63) is 42.0 Å². The normalized spacial score (nSPS) is 19.0. The fraction of sp³-hybridized carbons (Fsp3) is 0.529. The highest BCUT2D eigenvalue weighted by molar-refractivity contribution is 7.89. The van der Waals surface area contributed by atoms with Crippen LogP contribution in [0.2, 0.25) is 0 Å². The van der Waals surface area contributed by atoms with Crippen LogP contribution in [0.5, 0.6) is 0 Å². The number of sulfonamides is 1. The fourth-order valence-corrected chi connectivity index (χ4v) is 5.31. The highest BCUT2D eigenvalue weighted by atomic mass is 32.2. The quantitative estimate of drug-likeness (QED) is 0.804. The predicted molar refractivity (Wildman–Crippen MR) is 92.1 cm³/mol. The molecule has 2 aromatic rings. The number of hydrogen-bond donors (Lipinski definition) is 0. The number of hydrogen-bond acceptors (Lipinski definition) is 4. The molecule has 0 aliphatic carbocycles. The zero-order valence-electron chi connectivity index (χ0n) is 14.2. The van der Waals surface area contributed by atoms with Crippen molar-refractivity contribution in [2.24, 2.45) is 0 Å². The SMILES string of the molecule is CCn1ncc(S(=O)(=O)N2CCCC2CCc2ccncc2)c1C. The third-order valence-corrected chi connectivity index (χ3v) is 6.84. The first-order chi connectivity index (χ1) is 11.5. The molecule has 1 aliphatic rings. The van der Waals surface area contributed by atoms with Crippen molar-refractivity contribution in [2.45, 2.75) is 57.0 Å². The number of nitrogens with zero attached hydrogens (tertiary/aromatic N) is 4. The second-order valence-electron chi connectivity index (χ2n) is 6.22. The topological polar surface area (TPSA) is 68.1 Å². The van der Waals surface area contributed by atoms with Crippen LogP contribution in [0.25, 0.3) is 0 Å². The van der Waals surface area contributed by atoms with Gasteiger partial charge in [-0.15, -0.1) is 0 Å². The van der Waals surface area contributed by atoms with E-state index >= 15 is 0 Å². The molecule has 0 bridgehead atoms. The molecule has 0 spiro atoms. The fourth-order valence-electron chi connectivity index (χ4n) is 3.42. The van der Waals surface area contributed by atoms with Crippen molar-refractivity contribution >= 4 is 10.0 Å². The van der Waals surface area contributed by atoms with Gasteiger partial charge in [-0.1, -0.05) is 0 Å². The molecule has 24 heavy (non-hydrogen) atoms. The second-order valence-corrected chi connectivity index (χ2v) is 8.07. The molecule has 0 saturated carbocycles. The summed E-state index contributed by atoms with van der Waals surface area (Å²) >= 11 is 0. The van der Waals surface area contributed by atoms with E-state index in [-0.39, 0.29) is 6.04 Å². The van der Waals surface area contributed by atoms with Crippen LogP contribution in [-0.4, -0.2) is 40.1 Å². The molecule has 1 aliphatic heterocycles. The summed E-state index contributed by atoms with van der Waals surface area (Å²) in [5, 5.41) is 4.19. The van der Waals surface area contributed by atoms with Crippen LogP contribution in [0.4, 0.5) is 0 Å². The van der Waals surface area contributed by atoms with Gasteiger partial charge in [-0.05, 0) is 57.2 Å². The molecule has 1 fully saturated rings. The third kappa shape index (κ3) is 3.23. The zero-order valence-corrected chi connectivity index (χ0v) is 15.0. The van der Waals surface area contributed by atoms with Gasteiger partial charge in [-0.3, -0.25) is 9.67 Å². The van der Waals surface area contributed by atoms with Crippen LogP contribution in [-0.2, 0) is 23.0 Å². The van der Waals surface area contributed by atoms with Gasteiger partial charge in [0.15, 0.2) is 0 Å². The van der Waals surface area contributed by atoms with E-state index in [0.717, 1.165) is 31.4 Å². The molecule has 2 aromatic heterocycles. The summed E-state index contributed by atoms with van der Waals surface area (Å²) in [6.45, 7) is 5.06. The molecule has 0 aromatic carbocycles. The molecule has 0 amide bonds. The molecule has 3 rings (SSSR count). The molecule has 130 valence electrons. The van der Waals surface area contributed by atoms with Crippen LogP contribution in [0.3, 0.4) is 0 Å². The van der Waals surface area contributed by atoms with Crippen molar-refractivity contribution in [1.29, 1.82) is 0 Å². The maximum atomic E-state index is 13.1. The Balaban J connectivity index is 1.77. The number of rotatable bonds is 6. The second kappa shape index (κ2) is 7.03. The molecule has 7 heteroatoms. The largest absolute Gasteiger partial charge is 0.269 e. The predicted octanol–water partition coefficient (Wildman–Crippen LogP) is 2.39. The monoisotopic (exact) mass is 348 g/mol. The lowest BCUT2D eigenvalue weighted by atomic mass is 10.1. The van der Waals surface area contributed by atoms with Crippen LogP contribution in [0.15, 0.2) is 35.6 Å². The van der Waals surface area contributed by atoms with Gasteiger partial charge in [0.2, 0.25) is 10.0 Å². The minimum atomic E-state index is -3.47. The van der Waals surface area contributed by atoms with Crippen LogP contribution in [0, 0.1) is 6.92 Å². The Bertz CT molecular complexity index is 786. The molecule has 6 nitrogen and oxygen atoms in total. The average Bonchev–Trinajstić information content (AvgIpc) is 3.20. The van der Waals surface area contributed by atoms with E-state index in [1.807, 2.05) is 26.0 Å². The zero-order chi connectivity index (χ0) is 17.2. The van der Waals surface area contributed by atoms with Crippen LogP contribution < -0.4 is 0 Å². The Hall–Kier alpha value is -1.73. The minimum Gasteiger partial charge on any atom is -0.269 e. The first-order valence-electron chi connectivity index (χ1n) is 8.47. The highest BCUT2D eigenvalue weighted by Crippen LogP contribution is 2.30. The Morgan fingerprint density at radius 3 is 2.71 bits per heavy atom. The van der Waals surface area contributed by atoms with Crippen molar-refractivity contribution in [3.63, 3.8) is 0 Å². The van der Waals surface area contributed by atoms with E-state index < -0.39 is 10.0 Å². The van der Waals surface area contributed by atoms with Crippen LogP contribution >= 0.6 is 0 Å². The standard InChI is InChI=1S/C17H24N4O2S/c1-3-20-14(2)17(13-19-20)24(22,23)21-12-4-5-16(21)7-6-15-8-10-18-11-9-15/h8-11,13,16H,3-7,12H2,1-2H3. The molecule has 0 radical (unpaired) electrons. The highest BCUT2D eigenvalue weighted by Gasteiger charge is 2.36. The van der Waals surface area contributed by atoms with Crippen molar-refractivity contribution in [3.8, 4) is 0 Å². The molecular formula is C17H24N4O2S. The summed E-state index contributed by atoms with van der Waals surface area (Å²) in [6.07, 6.45) is 8.59. The summed E-state index contributed by atoms with van der Waals surface area (Å²) in [6, 6.07) is 4.04. The van der Waals surface area contributed by atoms with Gasteiger partial charge in [-0.2, -0.15) is 9.40 Å². The lowest BCUT2D eigenvalue weighted by Gasteiger charge is -2.24. The summed E-state index contributed by atoms with van der Waals surface area (Å²) < 4.78 is 29.5. The Morgan fingerprint density at radius 2 is 2.04 bits per heavy atom. The first-order valence-corrected chi connectivity index (χ1v) is 9.91. The number of aromatic nitrogens is 3. The summed E-state index contributed by atoms with van der Waals surface area (Å²) in [7, 11) is -3.47. The Kier molecular flexibility index (Phi) is 5.01. The Labute approximate surface area is 143 Å². The molecule has 1 saturated heterocycles. The van der Waals surface area contributed by atoms with Crippen molar-refractivity contribution in [1.82, 2.24) is 19.1 Å². The van der Waals surface area contributed by atoms with E-state index in [9.17, 15) is 8.42 Å². The van der Waals surface area contributed by atoms with Gasteiger partial charge in [0, 0.05) is 31.5 Å². The van der Waals surface area contributed by atoms with E-state index in [1.54, 1.807) is 21.4 Å². The van der Waals surface area contributed by atoms with E-state index in [0.29, 0.717) is 18.0 Å². The van der Waals surface area contributed by atoms with Crippen LogP contribution in [0.1, 0.15) is 37.4 Å². The Morgan fingerprint density at radius 1 is 1.29 bits per heavy atom. The molecular weight excluding hydrogens is 324 g/mol. The van der Waals surface area contributed by atoms with E-state index in [4.69, 9.17) is 0 Å². The van der Waals surface area contributed by atoms with Gasteiger partial charge in [0.05, 0.1) is 11.9 Å². The minimum absolute atomic E-state index is 0.0625. The smallest absolute Gasteiger partial charge is 0.246 e. The molecule has 0 N–H and O–H groups in total. The average molecular weight is 348 g/mol. The van der Waals surface area contributed by atoms with E-state index in [2.05, 4.69) is 10.1 Å². The van der Waals surface area contributed by atoms with Gasteiger partial charge in [-0.25, -0.2) is 8.42 Å². The summed E-state index contributed by atoms with van der Waals surface area (Å²) in [5.41, 5.74) is 1.92. The third-order valence-electron chi connectivity index (χ3n) is 4.78. The number of pyridine rings is 1. The van der Waals surface area contributed by atoms with E-state index in [1.165, 1.54) is 11.8 Å². The van der Waals surface area contributed by atoms with Gasteiger partial charge >= 0.3 is 0 Å². The molecule has 3 heterocycles. The molecule has 1 atom stereocenters. The maximum absolute atomic E-state index is 13.1. The van der Waals surface area contributed by atoms with Gasteiger partial charge < -0.3 is 0 Å². The molecule has 1 unspecified atom stereocenters. The summed E-state index contributed by atoms with van der Waals surface area (Å²) in [4.78, 5) is 4.37. The van der Waals surface area contributed by atoms with Crippen molar-refractivity contribution < 1.29 is 8.42 Å². The lowest BCUT2D eigenvalue weighted by Crippen LogP contribution is -2.36.